The predicted octanol–water partition coefficient (Wildman–Crippen LogP) is 1.36. The topological polar surface area (TPSA) is 120 Å². The van der Waals surface area contributed by atoms with Crippen molar-refractivity contribution in [1.29, 1.82) is 0 Å². The summed E-state index contributed by atoms with van der Waals surface area (Å²) in [5.41, 5.74) is 0. The van der Waals surface area contributed by atoms with Gasteiger partial charge in [0.05, 0.1) is 4.90 Å². The number of sulfonamides is 1. The highest BCUT2D eigenvalue weighted by Crippen LogP contribution is 2.32. The number of rotatable bonds is 8. The molecule has 1 atom stereocenters. The fraction of sp³-hybridized carbons (Fsp3) is 0.600. The van der Waals surface area contributed by atoms with Gasteiger partial charge in [0.25, 0.3) is 5.91 Å². The molecule has 10 heteroatoms. The van der Waals surface area contributed by atoms with E-state index in [9.17, 15) is 18.0 Å². The summed E-state index contributed by atoms with van der Waals surface area (Å²) in [7, 11) is -4.03. The van der Waals surface area contributed by atoms with E-state index in [-0.39, 0.29) is 22.8 Å². The number of benzene rings is 1. The Morgan fingerprint density at radius 3 is 2.47 bits per heavy atom. The fourth-order valence-electron chi connectivity index (χ4n) is 3.45. The van der Waals surface area contributed by atoms with E-state index in [0.29, 0.717) is 24.7 Å². The van der Waals surface area contributed by atoms with Crippen LogP contribution in [-0.2, 0) is 24.3 Å². The molecule has 0 spiro atoms. The van der Waals surface area contributed by atoms with E-state index in [0.717, 1.165) is 25.7 Å². The summed E-state index contributed by atoms with van der Waals surface area (Å²) in [6, 6.07) is 3.23. The molecule has 1 aromatic carbocycles. The summed E-state index contributed by atoms with van der Waals surface area (Å²) in [5.74, 6) is -0.771. The van der Waals surface area contributed by atoms with Gasteiger partial charge in [0.2, 0.25) is 10.0 Å². The molecule has 1 aromatic rings. The molecule has 1 saturated carbocycles. The Kier molecular flexibility index (Phi) is 7.19. The number of esters is 1. The number of carbonyl (C=O) groups excluding carboxylic acids is 2. The number of carbonyl (C=O) groups is 2. The number of nitrogens with one attached hydrogen (secondary N) is 2. The van der Waals surface area contributed by atoms with E-state index in [1.807, 2.05) is 0 Å². The monoisotopic (exact) mass is 440 g/mol. The van der Waals surface area contributed by atoms with Crippen LogP contribution >= 0.6 is 0 Å². The first-order valence-electron chi connectivity index (χ1n) is 10.1. The molecule has 0 bridgehead atoms. The molecule has 1 amide bonds. The third-order valence-electron chi connectivity index (χ3n) is 5.09. The molecule has 0 aromatic heterocycles. The second kappa shape index (κ2) is 9.65. The first kappa shape index (κ1) is 22.4. The molecule has 9 nitrogen and oxygen atoms in total. The average Bonchev–Trinajstić information content (AvgIpc) is 3.22. The van der Waals surface area contributed by atoms with Gasteiger partial charge in [-0.2, -0.15) is 4.72 Å². The summed E-state index contributed by atoms with van der Waals surface area (Å²) in [4.78, 5) is 24.4. The van der Waals surface area contributed by atoms with Crippen LogP contribution in [0.2, 0.25) is 0 Å². The molecule has 0 saturated heterocycles. The van der Waals surface area contributed by atoms with Gasteiger partial charge < -0.3 is 19.5 Å². The minimum Gasteiger partial charge on any atom is -0.486 e. The highest BCUT2D eigenvalue weighted by atomic mass is 32.2. The Hall–Kier alpha value is -2.33. The molecule has 1 heterocycles. The van der Waals surface area contributed by atoms with Gasteiger partial charge >= 0.3 is 5.97 Å². The molecule has 1 unspecified atom stereocenters. The Balaban J connectivity index is 1.62. The number of hydrogen-bond donors (Lipinski definition) is 2. The van der Waals surface area contributed by atoms with Crippen LogP contribution in [0.3, 0.4) is 0 Å². The van der Waals surface area contributed by atoms with E-state index in [1.165, 1.54) is 18.2 Å². The maximum Gasteiger partial charge on any atom is 0.324 e. The lowest BCUT2D eigenvalue weighted by Crippen LogP contribution is -2.46. The summed E-state index contributed by atoms with van der Waals surface area (Å²) in [6.45, 7) is 3.67. The Morgan fingerprint density at radius 2 is 1.80 bits per heavy atom. The molecular formula is C20H28N2O7S. The summed E-state index contributed by atoms with van der Waals surface area (Å²) in [5, 5.41) is 2.82. The zero-order valence-electron chi connectivity index (χ0n) is 17.2. The first-order valence-corrected chi connectivity index (χ1v) is 11.6. The minimum absolute atomic E-state index is 0.0517. The van der Waals surface area contributed by atoms with Gasteiger partial charge in [0.1, 0.15) is 19.3 Å². The molecule has 1 fully saturated rings. The largest absolute Gasteiger partial charge is 0.486 e. The maximum absolute atomic E-state index is 12.8. The molecule has 30 heavy (non-hydrogen) atoms. The zero-order valence-corrected chi connectivity index (χ0v) is 18.0. The molecule has 166 valence electrons. The summed E-state index contributed by atoms with van der Waals surface area (Å²) < 4.78 is 43.9. The van der Waals surface area contributed by atoms with E-state index >= 15 is 0 Å². The zero-order chi connectivity index (χ0) is 21.7. The third-order valence-corrected chi connectivity index (χ3v) is 6.53. The minimum atomic E-state index is -4.03. The van der Waals surface area contributed by atoms with Crippen LogP contribution < -0.4 is 19.5 Å². The van der Waals surface area contributed by atoms with Crippen molar-refractivity contribution < 1.29 is 32.2 Å². The lowest BCUT2D eigenvalue weighted by Gasteiger charge is -2.22. The van der Waals surface area contributed by atoms with Gasteiger partial charge in [-0.15, -0.1) is 0 Å². The molecule has 2 aliphatic rings. The summed E-state index contributed by atoms with van der Waals surface area (Å²) in [6.07, 6.45) is 3.98. The number of fused-ring (bicyclic) bond motifs is 1. The van der Waals surface area contributed by atoms with E-state index in [2.05, 4.69) is 10.0 Å². The highest BCUT2D eigenvalue weighted by Gasteiger charge is 2.31. The lowest BCUT2D eigenvalue weighted by atomic mass is 10.1. The molecule has 2 N–H and O–H groups in total. The van der Waals surface area contributed by atoms with Crippen molar-refractivity contribution in [2.75, 3.05) is 19.8 Å². The normalized spacial score (nSPS) is 17.6. The van der Waals surface area contributed by atoms with Crippen molar-refractivity contribution in [2.24, 2.45) is 5.92 Å². The smallest absolute Gasteiger partial charge is 0.324 e. The van der Waals surface area contributed by atoms with Gasteiger partial charge in [-0.05, 0) is 30.9 Å². The van der Waals surface area contributed by atoms with Gasteiger partial charge in [-0.25, -0.2) is 8.42 Å². The summed E-state index contributed by atoms with van der Waals surface area (Å²) >= 11 is 0. The standard InChI is InChI=1S/C20H28N2O7S/c1-13(2)19(20(24)29-12-18(23)21-14-5-3-4-6-14)22-30(25,26)15-7-8-16-17(11-15)28-10-9-27-16/h7-8,11,13-14,19,22H,3-6,9-10,12H2,1-2H3,(H,21,23). The molecule has 1 aliphatic carbocycles. The SMILES string of the molecule is CC(C)C(NS(=O)(=O)c1ccc2c(c1)OCCO2)C(=O)OCC(=O)NC1CCCC1. The van der Waals surface area contributed by atoms with Gasteiger partial charge in [0.15, 0.2) is 18.1 Å². The Bertz CT molecular complexity index is 879. The fourth-order valence-corrected chi connectivity index (χ4v) is 4.80. The van der Waals surface area contributed by atoms with Crippen LogP contribution in [0, 0.1) is 5.92 Å². The van der Waals surface area contributed by atoms with Crippen molar-refractivity contribution in [3.05, 3.63) is 18.2 Å². The second-order valence-corrected chi connectivity index (χ2v) is 9.52. The van der Waals surface area contributed by atoms with Gasteiger partial charge in [0, 0.05) is 12.1 Å². The van der Waals surface area contributed by atoms with Crippen LogP contribution in [0.4, 0.5) is 0 Å². The van der Waals surface area contributed by atoms with Gasteiger partial charge in [-0.1, -0.05) is 26.7 Å². The van der Waals surface area contributed by atoms with Crippen molar-refractivity contribution >= 4 is 21.9 Å². The predicted molar refractivity (Wildman–Crippen MR) is 108 cm³/mol. The molecular weight excluding hydrogens is 412 g/mol. The van der Waals surface area contributed by atoms with Crippen molar-refractivity contribution in [3.63, 3.8) is 0 Å². The quantitative estimate of drug-likeness (QED) is 0.586. The maximum atomic E-state index is 12.8. The molecule has 3 rings (SSSR count). The van der Waals surface area contributed by atoms with E-state index < -0.39 is 28.6 Å². The molecule has 1 aliphatic heterocycles. The Labute approximate surface area is 176 Å². The van der Waals surface area contributed by atoms with Crippen LogP contribution in [-0.4, -0.2) is 52.2 Å². The first-order chi connectivity index (χ1) is 14.3. The van der Waals surface area contributed by atoms with Crippen molar-refractivity contribution in [3.8, 4) is 11.5 Å². The number of amides is 1. The van der Waals surface area contributed by atoms with E-state index in [1.54, 1.807) is 13.8 Å². The molecule has 0 radical (unpaired) electrons. The number of ether oxygens (including phenoxy) is 3. The van der Waals surface area contributed by atoms with Crippen LogP contribution in [0.15, 0.2) is 23.1 Å². The average molecular weight is 441 g/mol. The van der Waals surface area contributed by atoms with Crippen LogP contribution in [0.1, 0.15) is 39.5 Å². The van der Waals surface area contributed by atoms with Crippen LogP contribution in [0.5, 0.6) is 11.5 Å². The van der Waals surface area contributed by atoms with Crippen LogP contribution in [0.25, 0.3) is 0 Å². The van der Waals surface area contributed by atoms with Crippen molar-refractivity contribution in [1.82, 2.24) is 10.0 Å². The van der Waals surface area contributed by atoms with Crippen molar-refractivity contribution in [2.45, 2.75) is 56.5 Å². The lowest BCUT2D eigenvalue weighted by molar-refractivity contribution is -0.151. The second-order valence-electron chi connectivity index (χ2n) is 7.81. The number of hydrogen-bond acceptors (Lipinski definition) is 7. The Morgan fingerprint density at radius 1 is 1.13 bits per heavy atom. The van der Waals surface area contributed by atoms with Gasteiger partial charge in [-0.3, -0.25) is 9.59 Å². The highest BCUT2D eigenvalue weighted by molar-refractivity contribution is 7.89. The third kappa shape index (κ3) is 5.63. The van der Waals surface area contributed by atoms with E-state index in [4.69, 9.17) is 14.2 Å².